The number of nitrogens with one attached hydrogen (secondary N) is 1. The summed E-state index contributed by atoms with van der Waals surface area (Å²) < 4.78 is 5.74. The van der Waals surface area contributed by atoms with E-state index in [4.69, 9.17) is 4.42 Å². The maximum absolute atomic E-state index is 11.7. The van der Waals surface area contributed by atoms with Gasteiger partial charge in [0.05, 0.1) is 18.1 Å². The van der Waals surface area contributed by atoms with Crippen LogP contribution in [-0.2, 0) is 6.42 Å². The van der Waals surface area contributed by atoms with Crippen molar-refractivity contribution in [1.29, 1.82) is 0 Å². The number of carbonyl (C=O) groups is 1. The first-order valence-corrected chi connectivity index (χ1v) is 5.95. The zero-order chi connectivity index (χ0) is 12.1. The quantitative estimate of drug-likeness (QED) is 0.942. The molecular weight excluding hydrogens is 284 g/mol. The summed E-state index contributed by atoms with van der Waals surface area (Å²) in [6, 6.07) is 3.62. The summed E-state index contributed by atoms with van der Waals surface area (Å²) in [6.45, 7) is 0.574. The van der Waals surface area contributed by atoms with Gasteiger partial charge in [0.25, 0.3) is 5.91 Å². The van der Waals surface area contributed by atoms with Crippen LogP contribution < -0.4 is 5.32 Å². The molecule has 0 aliphatic carbocycles. The molecule has 0 atom stereocenters. The van der Waals surface area contributed by atoms with Gasteiger partial charge in [0, 0.05) is 23.4 Å². The van der Waals surface area contributed by atoms with Gasteiger partial charge in [-0.1, -0.05) is 0 Å². The van der Waals surface area contributed by atoms with Gasteiger partial charge in [-0.05, 0) is 40.0 Å². The lowest BCUT2D eigenvalue weighted by Gasteiger charge is -2.03. The van der Waals surface area contributed by atoms with Crippen LogP contribution in [0.1, 0.15) is 15.9 Å². The summed E-state index contributed by atoms with van der Waals surface area (Å²) in [5, 5.41) is 2.82. The second kappa shape index (κ2) is 5.63. The molecule has 88 valence electrons. The van der Waals surface area contributed by atoms with E-state index in [0.717, 1.165) is 16.5 Å². The van der Waals surface area contributed by atoms with Crippen LogP contribution in [0.15, 0.2) is 45.9 Å². The Morgan fingerprint density at radius 1 is 1.47 bits per heavy atom. The third-order valence-corrected chi connectivity index (χ3v) is 2.68. The Morgan fingerprint density at radius 3 is 3.06 bits per heavy atom. The number of furan rings is 1. The third kappa shape index (κ3) is 3.42. The van der Waals surface area contributed by atoms with Gasteiger partial charge in [-0.15, -0.1) is 0 Å². The average Bonchev–Trinajstić information content (AvgIpc) is 2.82. The van der Waals surface area contributed by atoms with E-state index in [9.17, 15) is 4.79 Å². The van der Waals surface area contributed by atoms with Crippen LogP contribution in [0.2, 0.25) is 0 Å². The highest BCUT2D eigenvalue weighted by Gasteiger charge is 2.05. The Morgan fingerprint density at radius 2 is 2.35 bits per heavy atom. The summed E-state index contributed by atoms with van der Waals surface area (Å²) in [4.78, 5) is 15.7. The van der Waals surface area contributed by atoms with Gasteiger partial charge >= 0.3 is 0 Å². The van der Waals surface area contributed by atoms with Gasteiger partial charge < -0.3 is 9.73 Å². The summed E-state index contributed by atoms with van der Waals surface area (Å²) in [5.74, 6) is -0.123. The van der Waals surface area contributed by atoms with Crippen molar-refractivity contribution in [3.63, 3.8) is 0 Å². The van der Waals surface area contributed by atoms with Gasteiger partial charge in [0.1, 0.15) is 0 Å². The van der Waals surface area contributed by atoms with E-state index in [0.29, 0.717) is 12.1 Å². The molecule has 2 aromatic heterocycles. The molecule has 0 spiro atoms. The Balaban J connectivity index is 1.85. The normalized spacial score (nSPS) is 10.2. The first-order chi connectivity index (χ1) is 8.25. The molecule has 4 nitrogen and oxygen atoms in total. The third-order valence-electron chi connectivity index (χ3n) is 2.25. The van der Waals surface area contributed by atoms with Gasteiger partial charge in [-0.2, -0.15) is 0 Å². The van der Waals surface area contributed by atoms with Crippen molar-refractivity contribution in [2.24, 2.45) is 0 Å². The first-order valence-electron chi connectivity index (χ1n) is 5.15. The second-order valence-electron chi connectivity index (χ2n) is 3.53. The maximum Gasteiger partial charge on any atom is 0.252 e. The molecule has 0 radical (unpaired) electrons. The Kier molecular flexibility index (Phi) is 3.93. The van der Waals surface area contributed by atoms with Crippen LogP contribution in [0.5, 0.6) is 0 Å². The smallest absolute Gasteiger partial charge is 0.252 e. The van der Waals surface area contributed by atoms with Crippen molar-refractivity contribution < 1.29 is 9.21 Å². The maximum atomic E-state index is 11.7. The SMILES string of the molecule is O=C(NCCc1ccoc1)c1cncc(Br)c1. The molecule has 0 aliphatic heterocycles. The van der Waals surface area contributed by atoms with E-state index < -0.39 is 0 Å². The minimum absolute atomic E-state index is 0.123. The largest absolute Gasteiger partial charge is 0.472 e. The Bertz CT molecular complexity index is 497. The van der Waals surface area contributed by atoms with Gasteiger partial charge in [0.15, 0.2) is 0 Å². The van der Waals surface area contributed by atoms with Crippen molar-refractivity contribution in [1.82, 2.24) is 10.3 Å². The highest BCUT2D eigenvalue weighted by molar-refractivity contribution is 9.10. The lowest BCUT2D eigenvalue weighted by molar-refractivity contribution is 0.0953. The summed E-state index contributed by atoms with van der Waals surface area (Å²) in [7, 11) is 0. The van der Waals surface area contributed by atoms with Gasteiger partial charge in [-0.25, -0.2) is 0 Å². The standard InChI is InChI=1S/C12H11BrN2O2/c13-11-5-10(6-14-7-11)12(16)15-3-1-9-2-4-17-8-9/h2,4-8H,1,3H2,(H,15,16). The number of pyridine rings is 1. The number of hydrogen-bond acceptors (Lipinski definition) is 3. The fraction of sp³-hybridized carbons (Fsp3) is 0.167. The molecule has 0 saturated heterocycles. The molecule has 2 aromatic rings. The van der Waals surface area contributed by atoms with Crippen molar-refractivity contribution in [3.05, 3.63) is 52.7 Å². The topological polar surface area (TPSA) is 55.1 Å². The van der Waals surface area contributed by atoms with Gasteiger partial charge in [-0.3, -0.25) is 9.78 Å². The van der Waals surface area contributed by atoms with Crippen molar-refractivity contribution >= 4 is 21.8 Å². The van der Waals surface area contributed by atoms with Crippen LogP contribution in [0, 0.1) is 0 Å². The number of carbonyl (C=O) groups excluding carboxylic acids is 1. The van der Waals surface area contributed by atoms with E-state index >= 15 is 0 Å². The minimum atomic E-state index is -0.123. The molecule has 0 fully saturated rings. The van der Waals surface area contributed by atoms with Crippen molar-refractivity contribution in [2.75, 3.05) is 6.54 Å². The minimum Gasteiger partial charge on any atom is -0.472 e. The first kappa shape index (κ1) is 11.9. The highest BCUT2D eigenvalue weighted by atomic mass is 79.9. The van der Waals surface area contributed by atoms with Crippen molar-refractivity contribution in [3.8, 4) is 0 Å². The van der Waals surface area contributed by atoms with E-state index in [1.807, 2.05) is 6.07 Å². The zero-order valence-corrected chi connectivity index (χ0v) is 10.6. The molecule has 0 unspecified atom stereocenters. The lowest BCUT2D eigenvalue weighted by atomic mass is 10.2. The monoisotopic (exact) mass is 294 g/mol. The summed E-state index contributed by atoms with van der Waals surface area (Å²) >= 11 is 3.28. The molecule has 0 aliphatic rings. The molecule has 5 heteroatoms. The molecule has 2 heterocycles. The van der Waals surface area contributed by atoms with Crippen LogP contribution in [0.25, 0.3) is 0 Å². The van der Waals surface area contributed by atoms with E-state index in [2.05, 4.69) is 26.2 Å². The second-order valence-corrected chi connectivity index (χ2v) is 4.45. The molecule has 17 heavy (non-hydrogen) atoms. The molecular formula is C12H11BrN2O2. The molecule has 1 N–H and O–H groups in total. The number of hydrogen-bond donors (Lipinski definition) is 1. The molecule has 1 amide bonds. The van der Waals surface area contributed by atoms with Crippen LogP contribution >= 0.6 is 15.9 Å². The summed E-state index contributed by atoms with van der Waals surface area (Å²) in [5.41, 5.74) is 1.62. The molecule has 2 rings (SSSR count). The predicted octanol–water partition coefficient (Wildman–Crippen LogP) is 2.41. The Labute approximate surface area is 107 Å². The fourth-order valence-corrected chi connectivity index (χ4v) is 1.76. The highest BCUT2D eigenvalue weighted by Crippen LogP contribution is 2.09. The molecule has 0 bridgehead atoms. The number of nitrogens with zero attached hydrogens (tertiary/aromatic N) is 1. The lowest BCUT2D eigenvalue weighted by Crippen LogP contribution is -2.25. The van der Waals surface area contributed by atoms with Crippen LogP contribution in [0.3, 0.4) is 0 Å². The van der Waals surface area contributed by atoms with E-state index in [-0.39, 0.29) is 5.91 Å². The van der Waals surface area contributed by atoms with E-state index in [1.54, 1.807) is 24.8 Å². The summed E-state index contributed by atoms with van der Waals surface area (Å²) in [6.07, 6.45) is 7.23. The number of amides is 1. The zero-order valence-electron chi connectivity index (χ0n) is 9.02. The van der Waals surface area contributed by atoms with Crippen LogP contribution in [-0.4, -0.2) is 17.4 Å². The number of aromatic nitrogens is 1. The molecule has 0 saturated carbocycles. The fourth-order valence-electron chi connectivity index (χ4n) is 1.39. The van der Waals surface area contributed by atoms with Crippen molar-refractivity contribution in [2.45, 2.75) is 6.42 Å². The number of halogens is 1. The Hall–Kier alpha value is -1.62. The average molecular weight is 295 g/mol. The predicted molar refractivity (Wildman–Crippen MR) is 66.7 cm³/mol. The van der Waals surface area contributed by atoms with Gasteiger partial charge in [0.2, 0.25) is 0 Å². The van der Waals surface area contributed by atoms with Crippen LogP contribution in [0.4, 0.5) is 0 Å². The van der Waals surface area contributed by atoms with E-state index in [1.165, 1.54) is 6.20 Å². The number of rotatable bonds is 4. The molecule has 0 aromatic carbocycles.